The molecule has 2 atom stereocenters. The average Bonchev–Trinajstić information content (AvgIpc) is 2.94. The molecular weight excluding hydrogens is 462 g/mol. The van der Waals surface area contributed by atoms with Gasteiger partial charge in [-0.2, -0.15) is 0 Å². The van der Waals surface area contributed by atoms with E-state index >= 15 is 0 Å². The summed E-state index contributed by atoms with van der Waals surface area (Å²) >= 11 is 0. The maximum absolute atomic E-state index is 13.8. The fraction of sp³-hybridized carbons (Fsp3) is 0.290. The summed E-state index contributed by atoms with van der Waals surface area (Å²) < 4.78 is 5.38. The summed E-state index contributed by atoms with van der Waals surface area (Å²) in [5.74, 6) is 0.786. The standard InChI is InChI=1S/C31H33N3O3/c1-37-25-14-15-28-27(19-25)26(16-17-32-28)30(35)22-33-18-8-13-29(31(33)36)34(20-23-9-4-2-5-10-23)21-24-11-6-3-7-12-24/h2-7,9-12,14-17,19,29-30,35H,8,13,18,20-22H2,1H3. The number of rotatable bonds is 9. The highest BCUT2D eigenvalue weighted by atomic mass is 16.5. The monoisotopic (exact) mass is 495 g/mol. The summed E-state index contributed by atoms with van der Waals surface area (Å²) in [6.45, 7) is 2.27. The Bertz CT molecular complexity index is 1290. The number of methoxy groups -OCH3 is 1. The molecule has 2 unspecified atom stereocenters. The Hall–Kier alpha value is -3.74. The Labute approximate surface area is 218 Å². The Balaban J connectivity index is 1.37. The van der Waals surface area contributed by atoms with Gasteiger partial charge in [-0.25, -0.2) is 0 Å². The van der Waals surface area contributed by atoms with Gasteiger partial charge in [0.15, 0.2) is 0 Å². The minimum atomic E-state index is -0.822. The molecule has 1 amide bonds. The molecule has 0 radical (unpaired) electrons. The first-order valence-corrected chi connectivity index (χ1v) is 12.8. The second kappa shape index (κ2) is 11.5. The molecule has 0 aliphatic carbocycles. The quantitative estimate of drug-likeness (QED) is 0.355. The van der Waals surface area contributed by atoms with Gasteiger partial charge in [0.05, 0.1) is 31.3 Å². The molecule has 1 fully saturated rings. The molecule has 1 aliphatic rings. The van der Waals surface area contributed by atoms with E-state index in [1.807, 2.05) is 65.6 Å². The van der Waals surface area contributed by atoms with Crippen LogP contribution in [-0.2, 0) is 17.9 Å². The number of β-amino-alcohol motifs (C(OH)–C–C–N with tert-alkyl or cyclic N) is 1. The number of carbonyl (C=O) groups excluding carboxylic acids is 1. The molecule has 6 nitrogen and oxygen atoms in total. The van der Waals surface area contributed by atoms with Gasteiger partial charge in [0.2, 0.25) is 5.91 Å². The maximum atomic E-state index is 13.8. The predicted octanol–water partition coefficient (Wildman–Crippen LogP) is 4.97. The summed E-state index contributed by atoms with van der Waals surface area (Å²) in [6, 6.07) is 27.8. The van der Waals surface area contributed by atoms with E-state index in [2.05, 4.69) is 34.1 Å². The maximum Gasteiger partial charge on any atom is 0.240 e. The number of aromatic nitrogens is 1. The molecule has 3 aromatic carbocycles. The Kier molecular flexibility index (Phi) is 7.78. The number of ether oxygens (including phenoxy) is 1. The molecule has 1 saturated heterocycles. The number of carbonyl (C=O) groups is 1. The predicted molar refractivity (Wildman–Crippen MR) is 145 cm³/mol. The van der Waals surface area contributed by atoms with E-state index in [9.17, 15) is 9.90 Å². The molecular formula is C31H33N3O3. The molecule has 4 aromatic rings. The van der Waals surface area contributed by atoms with E-state index in [0.29, 0.717) is 25.4 Å². The van der Waals surface area contributed by atoms with Crippen molar-refractivity contribution in [3.8, 4) is 5.75 Å². The smallest absolute Gasteiger partial charge is 0.240 e. The zero-order valence-corrected chi connectivity index (χ0v) is 21.2. The fourth-order valence-electron chi connectivity index (χ4n) is 5.22. The lowest BCUT2D eigenvalue weighted by molar-refractivity contribution is -0.142. The van der Waals surface area contributed by atoms with Crippen molar-refractivity contribution < 1.29 is 14.6 Å². The number of amides is 1. The largest absolute Gasteiger partial charge is 0.497 e. The van der Waals surface area contributed by atoms with Crippen LogP contribution in [0.2, 0.25) is 0 Å². The van der Waals surface area contributed by atoms with Crippen LogP contribution in [0.5, 0.6) is 5.75 Å². The number of piperidine rings is 1. The summed E-state index contributed by atoms with van der Waals surface area (Å²) in [4.78, 5) is 22.3. The first-order valence-electron chi connectivity index (χ1n) is 12.8. The van der Waals surface area contributed by atoms with Crippen LogP contribution in [0, 0.1) is 0 Å². The number of aliphatic hydroxyl groups excluding tert-OH is 1. The van der Waals surface area contributed by atoms with Crippen molar-refractivity contribution in [3.05, 3.63) is 108 Å². The first kappa shape index (κ1) is 24.9. The molecule has 5 rings (SSSR count). The van der Waals surface area contributed by atoms with Crippen LogP contribution in [0.4, 0.5) is 0 Å². The lowest BCUT2D eigenvalue weighted by Crippen LogP contribution is -2.52. The van der Waals surface area contributed by atoms with Crippen LogP contribution >= 0.6 is 0 Å². The Morgan fingerprint density at radius 2 is 1.68 bits per heavy atom. The van der Waals surface area contributed by atoms with Crippen molar-refractivity contribution in [1.29, 1.82) is 0 Å². The van der Waals surface area contributed by atoms with Crippen molar-refractivity contribution in [2.45, 2.75) is 38.1 Å². The molecule has 1 aromatic heterocycles. The summed E-state index contributed by atoms with van der Waals surface area (Å²) in [5.41, 5.74) is 3.91. The summed E-state index contributed by atoms with van der Waals surface area (Å²) in [5, 5.41) is 12.1. The van der Waals surface area contributed by atoms with Crippen molar-refractivity contribution in [2.24, 2.45) is 0 Å². The van der Waals surface area contributed by atoms with Gasteiger partial charge in [-0.05, 0) is 53.8 Å². The van der Waals surface area contributed by atoms with Gasteiger partial charge >= 0.3 is 0 Å². The van der Waals surface area contributed by atoms with E-state index < -0.39 is 6.10 Å². The average molecular weight is 496 g/mol. The molecule has 190 valence electrons. The lowest BCUT2D eigenvalue weighted by Gasteiger charge is -2.39. The van der Waals surface area contributed by atoms with Gasteiger partial charge in [0.25, 0.3) is 0 Å². The van der Waals surface area contributed by atoms with E-state index in [1.54, 1.807) is 13.3 Å². The molecule has 6 heteroatoms. The fourth-order valence-corrected chi connectivity index (χ4v) is 5.22. The molecule has 1 aliphatic heterocycles. The van der Waals surface area contributed by atoms with E-state index in [4.69, 9.17) is 4.74 Å². The molecule has 2 heterocycles. The van der Waals surface area contributed by atoms with Crippen LogP contribution in [0.3, 0.4) is 0 Å². The SMILES string of the molecule is COc1ccc2nccc(C(O)CN3CCCC(N(Cc4ccccc4)Cc4ccccc4)C3=O)c2c1. The highest BCUT2D eigenvalue weighted by Crippen LogP contribution is 2.29. The number of aliphatic hydroxyl groups is 1. The number of pyridine rings is 1. The Morgan fingerprint density at radius 3 is 2.32 bits per heavy atom. The van der Waals surface area contributed by atoms with Gasteiger partial charge in [0.1, 0.15) is 5.75 Å². The van der Waals surface area contributed by atoms with E-state index in [1.165, 1.54) is 11.1 Å². The third-order valence-electron chi connectivity index (χ3n) is 7.13. The van der Waals surface area contributed by atoms with Crippen LogP contribution in [0.15, 0.2) is 91.1 Å². The highest BCUT2D eigenvalue weighted by Gasteiger charge is 2.34. The number of hydrogen-bond acceptors (Lipinski definition) is 5. The highest BCUT2D eigenvalue weighted by molar-refractivity contribution is 5.85. The topological polar surface area (TPSA) is 65.9 Å². The van der Waals surface area contributed by atoms with Crippen LogP contribution < -0.4 is 4.74 Å². The van der Waals surface area contributed by atoms with Crippen molar-refractivity contribution in [3.63, 3.8) is 0 Å². The second-order valence-electron chi connectivity index (χ2n) is 9.62. The molecule has 0 saturated carbocycles. The number of benzene rings is 3. The summed E-state index contributed by atoms with van der Waals surface area (Å²) in [6.07, 6.45) is 2.58. The van der Waals surface area contributed by atoms with E-state index in [0.717, 1.165) is 29.3 Å². The van der Waals surface area contributed by atoms with Gasteiger partial charge < -0.3 is 14.7 Å². The van der Waals surface area contributed by atoms with Crippen LogP contribution in [0.25, 0.3) is 10.9 Å². The molecule has 1 N–H and O–H groups in total. The number of nitrogens with zero attached hydrogens (tertiary/aromatic N) is 3. The molecule has 0 spiro atoms. The number of fused-ring (bicyclic) bond motifs is 1. The Morgan fingerprint density at radius 1 is 1.00 bits per heavy atom. The van der Waals surface area contributed by atoms with E-state index in [-0.39, 0.29) is 18.5 Å². The first-order chi connectivity index (χ1) is 18.1. The lowest BCUT2D eigenvalue weighted by atomic mass is 9.98. The molecule has 37 heavy (non-hydrogen) atoms. The van der Waals surface area contributed by atoms with Crippen LogP contribution in [-0.4, -0.2) is 52.0 Å². The van der Waals surface area contributed by atoms with Crippen molar-refractivity contribution in [2.75, 3.05) is 20.2 Å². The minimum absolute atomic E-state index is 0.0769. The van der Waals surface area contributed by atoms with Crippen molar-refractivity contribution >= 4 is 16.8 Å². The third kappa shape index (κ3) is 5.82. The van der Waals surface area contributed by atoms with Gasteiger partial charge in [0, 0.05) is 31.2 Å². The number of likely N-dealkylation sites (tertiary alicyclic amines) is 1. The normalized spacial score (nSPS) is 16.8. The third-order valence-corrected chi connectivity index (χ3v) is 7.13. The van der Waals surface area contributed by atoms with Gasteiger partial charge in [-0.1, -0.05) is 60.7 Å². The second-order valence-corrected chi connectivity index (χ2v) is 9.62. The van der Waals surface area contributed by atoms with Crippen LogP contribution in [0.1, 0.15) is 35.6 Å². The zero-order chi connectivity index (χ0) is 25.6. The van der Waals surface area contributed by atoms with Gasteiger partial charge in [-0.3, -0.25) is 14.7 Å². The van der Waals surface area contributed by atoms with Gasteiger partial charge in [-0.15, -0.1) is 0 Å². The number of hydrogen-bond donors (Lipinski definition) is 1. The van der Waals surface area contributed by atoms with Crippen molar-refractivity contribution in [1.82, 2.24) is 14.8 Å². The summed E-state index contributed by atoms with van der Waals surface area (Å²) in [7, 11) is 1.62. The minimum Gasteiger partial charge on any atom is -0.497 e. The zero-order valence-electron chi connectivity index (χ0n) is 21.2. The molecule has 0 bridgehead atoms.